The standard InChI is InChI=1S/C33H25Cl2F5N2O6/c1-31(2,3)42-27(44)16-6-5-15-17(19(16)28(42)45)10-32(34)29(46)41(26-24(39)22(37)21(36)23(38)25(26)40)30(47)33(32,35)20(15)13-8-12-9-14(43)4-7-18(12)48-11-13/h4-5,7,9,11,16-17,19-20,43H,6,8,10H2,1-3H3. The zero-order chi connectivity index (χ0) is 35.0. The van der Waals surface area contributed by atoms with Crippen molar-refractivity contribution >= 4 is 52.5 Å². The summed E-state index contributed by atoms with van der Waals surface area (Å²) in [5, 5.41) is 10.1. The highest BCUT2D eigenvalue weighted by Crippen LogP contribution is 2.65. The summed E-state index contributed by atoms with van der Waals surface area (Å²) in [5.41, 5.74) is -1.84. The molecule has 1 saturated carbocycles. The van der Waals surface area contributed by atoms with Crippen molar-refractivity contribution in [1.29, 1.82) is 0 Å². The van der Waals surface area contributed by atoms with E-state index in [2.05, 4.69) is 0 Å². The summed E-state index contributed by atoms with van der Waals surface area (Å²) in [4.78, 5) is 51.8. The number of anilines is 1. The Hall–Kier alpha value is -3.97. The molecular weight excluding hydrogens is 686 g/mol. The van der Waals surface area contributed by atoms with Gasteiger partial charge < -0.3 is 9.84 Å². The van der Waals surface area contributed by atoms with Gasteiger partial charge in [-0.05, 0) is 63.3 Å². The first-order valence-corrected chi connectivity index (χ1v) is 15.6. The van der Waals surface area contributed by atoms with Crippen LogP contribution in [0.1, 0.15) is 39.2 Å². The predicted molar refractivity (Wildman–Crippen MR) is 159 cm³/mol. The van der Waals surface area contributed by atoms with Gasteiger partial charge in [0.1, 0.15) is 17.2 Å². The largest absolute Gasteiger partial charge is 0.508 e. The van der Waals surface area contributed by atoms with Crippen LogP contribution in [0.5, 0.6) is 11.5 Å². The van der Waals surface area contributed by atoms with Crippen LogP contribution in [0.2, 0.25) is 0 Å². The van der Waals surface area contributed by atoms with Gasteiger partial charge in [0, 0.05) is 23.4 Å². The average molecular weight is 711 g/mol. The number of fused-ring (bicyclic) bond motifs is 5. The van der Waals surface area contributed by atoms with Crippen LogP contribution < -0.4 is 9.64 Å². The third kappa shape index (κ3) is 4.00. The molecule has 3 heterocycles. The molecule has 1 N–H and O–H groups in total. The van der Waals surface area contributed by atoms with Gasteiger partial charge in [-0.25, -0.2) is 26.9 Å². The van der Waals surface area contributed by atoms with Crippen LogP contribution in [-0.2, 0) is 25.6 Å². The first-order valence-electron chi connectivity index (χ1n) is 14.9. The highest BCUT2D eigenvalue weighted by atomic mass is 35.5. The SMILES string of the molecule is CC(C)(C)N1C(=O)C2CC=C3C(CC4(Cl)C(=O)N(c5c(F)c(F)c(F)c(F)c5F)C(=O)C4(Cl)C3C3=COc4ccc(O)cc4C3)C2C1=O. The van der Waals surface area contributed by atoms with Gasteiger partial charge in [-0.1, -0.05) is 11.6 Å². The van der Waals surface area contributed by atoms with Gasteiger partial charge in [0.2, 0.25) is 17.6 Å². The van der Waals surface area contributed by atoms with Gasteiger partial charge in [-0.2, -0.15) is 0 Å². The number of hydrogen-bond acceptors (Lipinski definition) is 6. The Kier molecular flexibility index (Phi) is 6.97. The Balaban J connectivity index is 1.44. The summed E-state index contributed by atoms with van der Waals surface area (Å²) in [6.07, 6.45) is 2.23. The number of phenols is 1. The van der Waals surface area contributed by atoms with Crippen LogP contribution in [-0.4, -0.2) is 48.9 Å². The number of hydrogen-bond donors (Lipinski definition) is 1. The smallest absolute Gasteiger partial charge is 0.258 e. The molecule has 6 atom stereocenters. The van der Waals surface area contributed by atoms with E-state index >= 15 is 8.78 Å². The summed E-state index contributed by atoms with van der Waals surface area (Å²) in [7, 11) is 0. The molecule has 15 heteroatoms. The first kappa shape index (κ1) is 32.6. The number of aromatic hydroxyl groups is 1. The van der Waals surface area contributed by atoms with Gasteiger partial charge in [0.05, 0.1) is 18.1 Å². The zero-order valence-electron chi connectivity index (χ0n) is 25.3. The number of alkyl halides is 2. The number of allylic oxidation sites excluding steroid dienone is 3. The van der Waals surface area contributed by atoms with Crippen molar-refractivity contribution in [3.05, 3.63) is 76.3 Å². The number of amides is 4. The Morgan fingerprint density at radius 2 is 1.52 bits per heavy atom. The molecule has 5 aliphatic rings. The molecule has 252 valence electrons. The van der Waals surface area contributed by atoms with E-state index in [1.165, 1.54) is 24.5 Å². The maximum absolute atomic E-state index is 15.2. The number of carbonyl (C=O) groups is 4. The van der Waals surface area contributed by atoms with Gasteiger partial charge in [0.15, 0.2) is 33.0 Å². The fraction of sp³-hybridized carbons (Fsp3) is 0.394. The Morgan fingerprint density at radius 3 is 2.15 bits per heavy atom. The lowest BCUT2D eigenvalue weighted by Crippen LogP contribution is -2.61. The van der Waals surface area contributed by atoms with Crippen LogP contribution in [0.4, 0.5) is 27.6 Å². The molecule has 48 heavy (non-hydrogen) atoms. The molecule has 3 aliphatic heterocycles. The molecule has 0 aromatic heterocycles. The summed E-state index contributed by atoms with van der Waals surface area (Å²) in [5.74, 6) is -20.6. The molecular formula is C33H25Cl2F5N2O6. The maximum Gasteiger partial charge on any atom is 0.258 e. The molecule has 8 nitrogen and oxygen atoms in total. The van der Waals surface area contributed by atoms with E-state index in [0.717, 1.165) is 4.90 Å². The number of halogens is 7. The lowest BCUT2D eigenvalue weighted by Gasteiger charge is -2.51. The minimum atomic E-state index is -2.65. The molecule has 6 unspecified atom stereocenters. The van der Waals surface area contributed by atoms with Crippen molar-refractivity contribution in [2.75, 3.05) is 4.90 Å². The number of carbonyl (C=O) groups excluding carboxylic acids is 4. The van der Waals surface area contributed by atoms with E-state index in [-0.39, 0.29) is 29.1 Å². The molecule has 2 saturated heterocycles. The maximum atomic E-state index is 15.2. The summed E-state index contributed by atoms with van der Waals surface area (Å²) in [6.45, 7) is 5.01. The number of ether oxygens (including phenoxy) is 1. The molecule has 0 bridgehead atoms. The molecule has 2 aromatic carbocycles. The molecule has 2 aromatic rings. The van der Waals surface area contributed by atoms with Gasteiger partial charge in [0.25, 0.3) is 11.8 Å². The van der Waals surface area contributed by atoms with Crippen LogP contribution in [0.25, 0.3) is 0 Å². The van der Waals surface area contributed by atoms with Crippen molar-refractivity contribution < 1.29 is 51.0 Å². The van der Waals surface area contributed by atoms with Gasteiger partial charge >= 0.3 is 0 Å². The molecule has 7 rings (SSSR count). The first-order chi connectivity index (χ1) is 22.4. The van der Waals surface area contributed by atoms with E-state index in [0.29, 0.717) is 16.9 Å². The van der Waals surface area contributed by atoms with E-state index in [1.54, 1.807) is 26.8 Å². The van der Waals surface area contributed by atoms with E-state index in [4.69, 9.17) is 27.9 Å². The van der Waals surface area contributed by atoms with E-state index in [1.807, 2.05) is 0 Å². The minimum absolute atomic E-state index is 0.0292. The molecule has 3 fully saturated rings. The number of rotatable bonds is 2. The second kappa shape index (κ2) is 10.3. The second-order valence-corrected chi connectivity index (χ2v) is 14.9. The van der Waals surface area contributed by atoms with Crippen molar-refractivity contribution in [2.24, 2.45) is 23.7 Å². The number of benzene rings is 2. The summed E-state index contributed by atoms with van der Waals surface area (Å²) in [6, 6.07) is 4.23. The topological polar surface area (TPSA) is 104 Å². The summed E-state index contributed by atoms with van der Waals surface area (Å²) < 4.78 is 79.0. The molecule has 0 spiro atoms. The monoisotopic (exact) mass is 710 g/mol. The fourth-order valence-electron chi connectivity index (χ4n) is 8.04. The highest BCUT2D eigenvalue weighted by molar-refractivity contribution is 6.58. The van der Waals surface area contributed by atoms with Crippen molar-refractivity contribution in [3.8, 4) is 11.5 Å². The van der Waals surface area contributed by atoms with Crippen LogP contribution in [0.15, 0.2) is 41.7 Å². The third-order valence-electron chi connectivity index (χ3n) is 10.0. The quantitative estimate of drug-likeness (QED) is 0.106. The minimum Gasteiger partial charge on any atom is -0.508 e. The molecule has 2 aliphatic carbocycles. The van der Waals surface area contributed by atoms with Gasteiger partial charge in [-0.15, -0.1) is 23.2 Å². The lowest BCUT2D eigenvalue weighted by atomic mass is 9.56. The number of imide groups is 2. The average Bonchev–Trinajstić information content (AvgIpc) is 3.37. The van der Waals surface area contributed by atoms with Crippen molar-refractivity contribution in [2.45, 2.75) is 55.3 Å². The normalized spacial score (nSPS) is 31.2. The fourth-order valence-corrected chi connectivity index (χ4v) is 8.99. The Bertz CT molecular complexity index is 1930. The molecule has 0 radical (unpaired) electrons. The lowest BCUT2D eigenvalue weighted by molar-refractivity contribution is -0.145. The van der Waals surface area contributed by atoms with Crippen LogP contribution >= 0.6 is 23.2 Å². The van der Waals surface area contributed by atoms with Crippen LogP contribution in [0.3, 0.4) is 0 Å². The molecule has 4 amide bonds. The van der Waals surface area contributed by atoms with Crippen molar-refractivity contribution in [1.82, 2.24) is 4.90 Å². The second-order valence-electron chi connectivity index (χ2n) is 13.7. The van der Waals surface area contributed by atoms with E-state index < -0.39 is 104 Å². The summed E-state index contributed by atoms with van der Waals surface area (Å²) >= 11 is 14.3. The number of likely N-dealkylation sites (tertiary alicyclic amines) is 1. The van der Waals surface area contributed by atoms with Crippen LogP contribution in [0, 0.1) is 52.8 Å². The van der Waals surface area contributed by atoms with E-state index in [9.17, 15) is 37.5 Å². The highest BCUT2D eigenvalue weighted by Gasteiger charge is 2.77. The third-order valence-corrected chi connectivity index (χ3v) is 11.5. The van der Waals surface area contributed by atoms with Gasteiger partial charge in [-0.3, -0.25) is 24.1 Å². The Morgan fingerprint density at radius 1 is 0.896 bits per heavy atom. The zero-order valence-corrected chi connectivity index (χ0v) is 26.9. The Labute approximate surface area is 279 Å². The number of nitrogens with zero attached hydrogens (tertiary/aromatic N) is 2. The predicted octanol–water partition coefficient (Wildman–Crippen LogP) is 5.80. The van der Waals surface area contributed by atoms with Crippen molar-refractivity contribution in [3.63, 3.8) is 0 Å². The number of phenolic OH excluding ortho intramolecular Hbond substituents is 1.